The van der Waals surface area contributed by atoms with E-state index in [9.17, 15) is 0 Å². The first-order valence-corrected chi connectivity index (χ1v) is 14.3. The van der Waals surface area contributed by atoms with Crippen molar-refractivity contribution < 1.29 is 0 Å². The molecule has 0 saturated heterocycles. The number of rotatable bonds is 3. The van der Waals surface area contributed by atoms with Crippen LogP contribution in [0.4, 0.5) is 0 Å². The molecular formula is C39H25N3. The van der Waals surface area contributed by atoms with E-state index in [4.69, 9.17) is 0 Å². The first-order valence-electron chi connectivity index (χ1n) is 14.3. The zero-order valence-corrected chi connectivity index (χ0v) is 22.8. The molecule has 9 rings (SSSR count). The summed E-state index contributed by atoms with van der Waals surface area (Å²) in [6, 6.07) is 48.0. The number of hydrogen-bond acceptors (Lipinski definition) is 1. The molecular weight excluding hydrogens is 510 g/mol. The number of aromatic nitrogens is 3. The maximum absolute atomic E-state index is 4.52. The number of para-hydroxylation sites is 2. The predicted octanol–water partition coefficient (Wildman–Crippen LogP) is 10.1. The molecule has 0 radical (unpaired) electrons. The molecule has 0 N–H and O–H groups in total. The maximum Gasteiger partial charge on any atom is 0.0626 e. The van der Waals surface area contributed by atoms with E-state index < -0.39 is 0 Å². The van der Waals surface area contributed by atoms with Crippen molar-refractivity contribution in [2.24, 2.45) is 0 Å². The summed E-state index contributed by atoms with van der Waals surface area (Å²) < 4.78 is 4.73. The van der Waals surface area contributed by atoms with Crippen LogP contribution in [0, 0.1) is 0 Å². The molecule has 3 heterocycles. The van der Waals surface area contributed by atoms with Crippen LogP contribution in [-0.4, -0.2) is 14.1 Å². The van der Waals surface area contributed by atoms with Gasteiger partial charge in [0.05, 0.1) is 16.6 Å². The fourth-order valence-corrected chi connectivity index (χ4v) is 6.71. The fourth-order valence-electron chi connectivity index (χ4n) is 6.71. The molecule has 0 atom stereocenters. The summed E-state index contributed by atoms with van der Waals surface area (Å²) in [6.07, 6.45) is 6.10. The van der Waals surface area contributed by atoms with Crippen LogP contribution < -0.4 is 0 Å². The molecule has 3 aromatic heterocycles. The van der Waals surface area contributed by atoms with Crippen molar-refractivity contribution in [3.05, 3.63) is 152 Å². The van der Waals surface area contributed by atoms with Gasteiger partial charge in [-0.2, -0.15) is 0 Å². The van der Waals surface area contributed by atoms with E-state index in [2.05, 4.69) is 154 Å². The van der Waals surface area contributed by atoms with Gasteiger partial charge in [0.25, 0.3) is 0 Å². The molecule has 0 unspecified atom stereocenters. The summed E-state index contributed by atoms with van der Waals surface area (Å²) >= 11 is 0. The highest BCUT2D eigenvalue weighted by Gasteiger charge is 2.18. The second kappa shape index (κ2) is 8.92. The lowest BCUT2D eigenvalue weighted by Crippen LogP contribution is -1.95. The summed E-state index contributed by atoms with van der Waals surface area (Å²) in [4.78, 5) is 4.52. The Kier molecular flexibility index (Phi) is 4.90. The number of pyridine rings is 1. The Morgan fingerprint density at radius 2 is 1.21 bits per heavy atom. The molecule has 3 nitrogen and oxygen atoms in total. The quantitative estimate of drug-likeness (QED) is 0.221. The molecule has 3 heteroatoms. The summed E-state index contributed by atoms with van der Waals surface area (Å²) in [5, 5.41) is 8.66. The Balaban J connectivity index is 1.32. The molecule has 0 saturated carbocycles. The van der Waals surface area contributed by atoms with Gasteiger partial charge in [0, 0.05) is 62.5 Å². The van der Waals surface area contributed by atoms with Crippen LogP contribution in [0.5, 0.6) is 0 Å². The lowest BCUT2D eigenvalue weighted by atomic mass is 10.0. The van der Waals surface area contributed by atoms with Gasteiger partial charge in [-0.15, -0.1) is 0 Å². The molecule has 0 amide bonds. The van der Waals surface area contributed by atoms with Crippen molar-refractivity contribution in [3.8, 4) is 22.5 Å². The summed E-state index contributed by atoms with van der Waals surface area (Å²) in [7, 11) is 0. The highest BCUT2D eigenvalue weighted by atomic mass is 15.0. The highest BCUT2D eigenvalue weighted by molar-refractivity contribution is 6.25. The van der Waals surface area contributed by atoms with Crippen molar-refractivity contribution in [1.82, 2.24) is 14.1 Å². The van der Waals surface area contributed by atoms with E-state index in [1.54, 1.807) is 0 Å². The standard InChI is InChI=1S/C39H25N3/c1-2-9-29(10-3-1)41-23-22-34-36(41)21-17-27-16-20-33-32-12-6-7-13-37(32)42(39(33)38(27)34)30-18-14-26(15-19-30)35-25-40-24-28-8-4-5-11-31(28)35/h1-25H. The number of fused-ring (bicyclic) bond motifs is 8. The normalized spacial score (nSPS) is 11.8. The summed E-state index contributed by atoms with van der Waals surface area (Å²) in [5.41, 5.74) is 8.27. The molecule has 196 valence electrons. The minimum atomic E-state index is 1.14. The first kappa shape index (κ1) is 23.1. The zero-order chi connectivity index (χ0) is 27.6. The third kappa shape index (κ3) is 3.31. The average molecular weight is 536 g/mol. The lowest BCUT2D eigenvalue weighted by molar-refractivity contribution is 1.13. The molecule has 6 aromatic carbocycles. The van der Waals surface area contributed by atoms with Crippen molar-refractivity contribution in [1.29, 1.82) is 0 Å². The molecule has 0 aliphatic carbocycles. The smallest absolute Gasteiger partial charge is 0.0626 e. The van der Waals surface area contributed by atoms with Gasteiger partial charge in [-0.1, -0.05) is 91.0 Å². The largest absolute Gasteiger partial charge is 0.317 e. The summed E-state index contributed by atoms with van der Waals surface area (Å²) in [6.45, 7) is 0. The first-order chi connectivity index (χ1) is 20.8. The van der Waals surface area contributed by atoms with Gasteiger partial charge in [0.1, 0.15) is 0 Å². The maximum atomic E-state index is 4.52. The molecule has 0 aliphatic heterocycles. The second-order valence-corrected chi connectivity index (χ2v) is 10.9. The lowest BCUT2D eigenvalue weighted by Gasteiger charge is -2.13. The van der Waals surface area contributed by atoms with Crippen LogP contribution in [0.25, 0.3) is 76.8 Å². The van der Waals surface area contributed by atoms with Crippen molar-refractivity contribution >= 4 is 54.3 Å². The van der Waals surface area contributed by atoms with Crippen molar-refractivity contribution in [2.45, 2.75) is 0 Å². The third-order valence-electron chi connectivity index (χ3n) is 8.62. The fraction of sp³-hybridized carbons (Fsp3) is 0. The van der Waals surface area contributed by atoms with Crippen LogP contribution in [0.2, 0.25) is 0 Å². The summed E-state index contributed by atoms with van der Waals surface area (Å²) in [5.74, 6) is 0. The van der Waals surface area contributed by atoms with Gasteiger partial charge >= 0.3 is 0 Å². The molecule has 9 aromatic rings. The Labute approximate surface area is 242 Å². The van der Waals surface area contributed by atoms with Gasteiger partial charge < -0.3 is 9.13 Å². The van der Waals surface area contributed by atoms with E-state index in [1.807, 2.05) is 12.4 Å². The molecule has 0 fully saturated rings. The number of benzene rings is 6. The van der Waals surface area contributed by atoms with Crippen molar-refractivity contribution in [2.75, 3.05) is 0 Å². The van der Waals surface area contributed by atoms with Gasteiger partial charge in [0.15, 0.2) is 0 Å². The Morgan fingerprint density at radius 3 is 2.10 bits per heavy atom. The minimum Gasteiger partial charge on any atom is -0.317 e. The van der Waals surface area contributed by atoms with E-state index >= 15 is 0 Å². The Morgan fingerprint density at radius 1 is 0.452 bits per heavy atom. The minimum absolute atomic E-state index is 1.14. The van der Waals surface area contributed by atoms with Gasteiger partial charge in [-0.05, 0) is 58.8 Å². The number of nitrogens with zero attached hydrogens (tertiary/aromatic N) is 3. The van der Waals surface area contributed by atoms with Gasteiger partial charge in [-0.25, -0.2) is 0 Å². The van der Waals surface area contributed by atoms with Gasteiger partial charge in [0.2, 0.25) is 0 Å². The van der Waals surface area contributed by atoms with Crippen molar-refractivity contribution in [3.63, 3.8) is 0 Å². The molecule has 0 bridgehead atoms. The van der Waals surface area contributed by atoms with Crippen LogP contribution in [-0.2, 0) is 0 Å². The Bertz CT molecular complexity index is 2440. The SMILES string of the molecule is c1ccc(-n2ccc3c4c(ccc5c6ccccc6n(-c6ccc(-c7cncc8ccccc78)cc6)c54)ccc32)cc1. The van der Waals surface area contributed by atoms with E-state index in [0.717, 1.165) is 27.9 Å². The van der Waals surface area contributed by atoms with Crippen LogP contribution in [0.15, 0.2) is 152 Å². The topological polar surface area (TPSA) is 22.8 Å². The van der Waals surface area contributed by atoms with E-state index in [1.165, 1.54) is 48.9 Å². The second-order valence-electron chi connectivity index (χ2n) is 10.9. The molecule has 0 spiro atoms. The van der Waals surface area contributed by atoms with Crippen LogP contribution in [0.1, 0.15) is 0 Å². The van der Waals surface area contributed by atoms with Gasteiger partial charge in [-0.3, -0.25) is 4.98 Å². The monoisotopic (exact) mass is 535 g/mol. The molecule has 42 heavy (non-hydrogen) atoms. The number of hydrogen-bond donors (Lipinski definition) is 0. The zero-order valence-electron chi connectivity index (χ0n) is 22.8. The third-order valence-corrected chi connectivity index (χ3v) is 8.62. The van der Waals surface area contributed by atoms with E-state index in [0.29, 0.717) is 0 Å². The predicted molar refractivity (Wildman–Crippen MR) is 176 cm³/mol. The van der Waals surface area contributed by atoms with E-state index in [-0.39, 0.29) is 0 Å². The Hall–Kier alpha value is -5.67. The highest BCUT2D eigenvalue weighted by Crippen LogP contribution is 2.40. The average Bonchev–Trinajstić information content (AvgIpc) is 3.65. The van der Waals surface area contributed by atoms with Crippen LogP contribution in [0.3, 0.4) is 0 Å². The molecule has 0 aliphatic rings. The van der Waals surface area contributed by atoms with Crippen LogP contribution >= 0.6 is 0 Å².